The van der Waals surface area contributed by atoms with Crippen molar-refractivity contribution < 1.29 is 43.4 Å². The molecule has 24 heavy (non-hydrogen) atoms. The molecule has 120 valence electrons. The summed E-state index contributed by atoms with van der Waals surface area (Å²) in [6.45, 7) is -0.867. The summed E-state index contributed by atoms with van der Waals surface area (Å²) < 4.78 is 26.5. The van der Waals surface area contributed by atoms with E-state index in [1.54, 1.807) is 6.07 Å². The fraction of sp³-hybridized carbons (Fsp3) is 0.143. The number of benzene rings is 1. The molecule has 0 unspecified atom stereocenters. The maximum absolute atomic E-state index is 12.8. The van der Waals surface area contributed by atoms with Crippen LogP contribution in [-0.4, -0.2) is 16.0 Å². The monoisotopic (exact) mass is 398 g/mol. The van der Waals surface area contributed by atoms with E-state index in [-0.39, 0.29) is 61.1 Å². The predicted molar refractivity (Wildman–Crippen MR) is 84.8 cm³/mol. The second-order valence-corrected chi connectivity index (χ2v) is 6.28. The Balaban J connectivity index is 0.00000208. The quantitative estimate of drug-likeness (QED) is 0.612. The van der Waals surface area contributed by atoms with Crippen molar-refractivity contribution in [1.82, 2.24) is 9.55 Å². The Kier molecular flexibility index (Phi) is 6.28. The first-order chi connectivity index (χ1) is 10.9. The molecule has 0 aliphatic heterocycles. The Hall–Kier alpha value is -0.700. The maximum atomic E-state index is 12.8. The third kappa shape index (κ3) is 3.34. The molecule has 0 fully saturated rings. The largest absolute Gasteiger partial charge is 1.00 e. The van der Waals surface area contributed by atoms with Gasteiger partial charge in [-0.15, -0.1) is 11.3 Å². The average molecular weight is 399 g/mol. The molecule has 4 nitrogen and oxygen atoms in total. The summed E-state index contributed by atoms with van der Waals surface area (Å²) in [5.41, 5.74) is 0.105. The Morgan fingerprint density at radius 1 is 1.25 bits per heavy atom. The normalized spacial score (nSPS) is 11.0. The van der Waals surface area contributed by atoms with Gasteiger partial charge in [-0.2, -0.15) is 0 Å². The van der Waals surface area contributed by atoms with Crippen LogP contribution in [0.2, 0.25) is 10.0 Å². The van der Waals surface area contributed by atoms with E-state index in [0.717, 1.165) is 15.9 Å². The Bertz CT molecular complexity index is 942. The van der Waals surface area contributed by atoms with Gasteiger partial charge in [0.2, 0.25) is 0 Å². The molecule has 3 aromatic rings. The van der Waals surface area contributed by atoms with Crippen LogP contribution in [0, 0.1) is 0 Å². The number of aromatic nitrogens is 2. The van der Waals surface area contributed by atoms with E-state index in [4.69, 9.17) is 23.2 Å². The molecule has 0 radical (unpaired) electrons. The minimum absolute atomic E-state index is 0. The number of rotatable bonds is 3. The van der Waals surface area contributed by atoms with Crippen molar-refractivity contribution in [3.05, 3.63) is 44.1 Å². The van der Waals surface area contributed by atoms with Gasteiger partial charge in [0.05, 0.1) is 26.8 Å². The molecule has 0 aliphatic carbocycles. The van der Waals surface area contributed by atoms with Crippen molar-refractivity contribution in [2.75, 3.05) is 0 Å². The van der Waals surface area contributed by atoms with Gasteiger partial charge in [-0.05, 0) is 12.1 Å². The van der Waals surface area contributed by atoms with Crippen LogP contribution in [0.5, 0.6) is 5.75 Å². The van der Waals surface area contributed by atoms with Crippen LogP contribution in [0.15, 0.2) is 28.5 Å². The van der Waals surface area contributed by atoms with Gasteiger partial charge in [0.15, 0.2) is 5.65 Å². The van der Waals surface area contributed by atoms with Crippen LogP contribution < -0.4 is 40.2 Å². The topological polar surface area (TPSA) is 57.9 Å². The van der Waals surface area contributed by atoms with E-state index in [2.05, 4.69) is 4.98 Å². The molecule has 1 aromatic carbocycles. The SMILES string of the molecule is O=c1c(-c2c(Cl)cccc2Cl)c([O-])c2scnc2n1CC(F)F.[Na+]. The van der Waals surface area contributed by atoms with Gasteiger partial charge in [0.25, 0.3) is 12.0 Å². The second-order valence-electron chi connectivity index (χ2n) is 4.61. The number of fused-ring (bicyclic) bond motifs is 1. The van der Waals surface area contributed by atoms with Crippen LogP contribution in [0.25, 0.3) is 21.5 Å². The molecule has 0 amide bonds. The first-order valence-electron chi connectivity index (χ1n) is 6.31. The van der Waals surface area contributed by atoms with Crippen molar-refractivity contribution in [2.45, 2.75) is 13.0 Å². The van der Waals surface area contributed by atoms with Gasteiger partial charge in [-0.25, -0.2) is 13.8 Å². The van der Waals surface area contributed by atoms with Crippen molar-refractivity contribution >= 4 is 44.9 Å². The number of pyridine rings is 1. The van der Waals surface area contributed by atoms with Crippen LogP contribution in [0.3, 0.4) is 0 Å². The molecule has 0 N–H and O–H groups in total. The molecule has 2 aromatic heterocycles. The molecular formula is C14H7Cl2F2N2NaO2S. The molecule has 0 saturated carbocycles. The molecule has 0 saturated heterocycles. The van der Waals surface area contributed by atoms with Crippen LogP contribution >= 0.6 is 34.5 Å². The van der Waals surface area contributed by atoms with E-state index < -0.39 is 24.3 Å². The van der Waals surface area contributed by atoms with E-state index in [9.17, 15) is 18.7 Å². The summed E-state index contributed by atoms with van der Waals surface area (Å²) in [7, 11) is 0. The van der Waals surface area contributed by atoms with E-state index in [0.29, 0.717) is 0 Å². The standard InChI is InChI=1S/C14H8Cl2F2N2O2S.Na/c15-6-2-1-3-7(16)9(6)10-11(21)12-13(19-5-23-12)20(14(10)22)4-8(17)18;/h1-3,5,8,21H,4H2;/q;+1/p-1. The number of thiazole rings is 1. The Labute approximate surface area is 170 Å². The molecule has 10 heteroatoms. The molecule has 0 bridgehead atoms. The number of alkyl halides is 2. The van der Waals surface area contributed by atoms with Gasteiger partial charge in [-0.1, -0.05) is 35.0 Å². The minimum atomic E-state index is -2.77. The first kappa shape index (κ1) is 19.6. The molecule has 0 aliphatic rings. The van der Waals surface area contributed by atoms with Crippen molar-refractivity contribution in [3.8, 4) is 16.9 Å². The summed E-state index contributed by atoms with van der Waals surface area (Å²) in [6, 6.07) is 4.49. The smallest absolute Gasteiger partial charge is 0.871 e. The summed E-state index contributed by atoms with van der Waals surface area (Å²) >= 11 is 13.1. The third-order valence-corrected chi connectivity index (χ3v) is 4.67. The van der Waals surface area contributed by atoms with Crippen molar-refractivity contribution in [2.24, 2.45) is 0 Å². The molecule has 0 spiro atoms. The number of nitrogens with zero attached hydrogens (tertiary/aromatic N) is 2. The summed E-state index contributed by atoms with van der Waals surface area (Å²) in [5.74, 6) is -0.618. The minimum Gasteiger partial charge on any atom is -0.871 e. The maximum Gasteiger partial charge on any atom is 1.00 e. The fourth-order valence-electron chi connectivity index (χ4n) is 2.29. The Morgan fingerprint density at radius 2 is 1.88 bits per heavy atom. The van der Waals surface area contributed by atoms with E-state index in [1.165, 1.54) is 17.6 Å². The molecule has 3 rings (SSSR count). The van der Waals surface area contributed by atoms with E-state index >= 15 is 0 Å². The van der Waals surface area contributed by atoms with Crippen molar-refractivity contribution in [3.63, 3.8) is 0 Å². The van der Waals surface area contributed by atoms with Gasteiger partial charge in [0, 0.05) is 11.1 Å². The van der Waals surface area contributed by atoms with Crippen LogP contribution in [0.4, 0.5) is 8.78 Å². The van der Waals surface area contributed by atoms with Gasteiger partial charge >= 0.3 is 29.6 Å². The zero-order chi connectivity index (χ0) is 16.7. The Morgan fingerprint density at radius 3 is 2.46 bits per heavy atom. The number of hydrogen-bond donors (Lipinski definition) is 0. The number of halogens is 4. The third-order valence-electron chi connectivity index (χ3n) is 3.23. The van der Waals surface area contributed by atoms with Crippen LogP contribution in [0.1, 0.15) is 0 Å². The summed E-state index contributed by atoms with van der Waals surface area (Å²) in [6.07, 6.45) is -2.77. The van der Waals surface area contributed by atoms with Gasteiger partial charge in [0.1, 0.15) is 0 Å². The molecular weight excluding hydrogens is 392 g/mol. The molecule has 2 heterocycles. The zero-order valence-corrected chi connectivity index (χ0v) is 16.6. The fourth-order valence-corrected chi connectivity index (χ4v) is 3.62. The summed E-state index contributed by atoms with van der Waals surface area (Å²) in [4.78, 5) is 16.5. The van der Waals surface area contributed by atoms with Gasteiger partial charge in [-0.3, -0.25) is 9.36 Å². The first-order valence-corrected chi connectivity index (χ1v) is 7.95. The van der Waals surface area contributed by atoms with E-state index in [1.807, 2.05) is 0 Å². The van der Waals surface area contributed by atoms with Crippen molar-refractivity contribution in [1.29, 1.82) is 0 Å². The van der Waals surface area contributed by atoms with Crippen LogP contribution in [-0.2, 0) is 6.54 Å². The molecule has 0 atom stereocenters. The second kappa shape index (κ2) is 7.68. The number of hydrogen-bond acceptors (Lipinski definition) is 4. The van der Waals surface area contributed by atoms with Gasteiger partial charge < -0.3 is 5.11 Å². The zero-order valence-electron chi connectivity index (χ0n) is 12.2. The predicted octanol–water partition coefficient (Wildman–Crippen LogP) is 0.774. The average Bonchev–Trinajstić information content (AvgIpc) is 2.96. The summed E-state index contributed by atoms with van der Waals surface area (Å²) in [5, 5.41) is 12.8.